The van der Waals surface area contributed by atoms with E-state index in [2.05, 4.69) is 38.2 Å². The molecule has 1 saturated heterocycles. The van der Waals surface area contributed by atoms with Crippen molar-refractivity contribution in [2.45, 2.75) is 52.1 Å². The zero-order chi connectivity index (χ0) is 20.4. The summed E-state index contributed by atoms with van der Waals surface area (Å²) in [5.41, 5.74) is 3.95. The molecule has 154 valence electrons. The Balaban J connectivity index is 1.57. The van der Waals surface area contributed by atoms with Crippen LogP contribution in [0, 0.1) is 6.92 Å². The number of likely N-dealkylation sites (tertiary alicyclic amines) is 1. The Morgan fingerprint density at radius 2 is 1.97 bits per heavy atom. The Kier molecular flexibility index (Phi) is 5.88. The van der Waals surface area contributed by atoms with Gasteiger partial charge in [0, 0.05) is 29.9 Å². The fourth-order valence-electron chi connectivity index (χ4n) is 4.74. The fraction of sp³-hybridized carbons (Fsp3) is 0.458. The van der Waals surface area contributed by atoms with Gasteiger partial charge in [-0.25, -0.2) is 4.79 Å². The highest BCUT2D eigenvalue weighted by Crippen LogP contribution is 2.26. The largest absolute Gasteiger partial charge is 0.463 e. The van der Waals surface area contributed by atoms with Crippen LogP contribution in [0.2, 0.25) is 0 Å². The van der Waals surface area contributed by atoms with Crippen LogP contribution in [-0.4, -0.2) is 19.6 Å². The lowest BCUT2D eigenvalue weighted by atomic mass is 9.95. The average molecular weight is 397 g/mol. The molecular formula is C24H32N2O3+2. The van der Waals surface area contributed by atoms with E-state index in [0.29, 0.717) is 17.5 Å². The number of hydrogen-bond acceptors (Lipinski definition) is 3. The summed E-state index contributed by atoms with van der Waals surface area (Å²) in [5, 5.41) is 3.36. The Hall–Kier alpha value is -2.37. The van der Waals surface area contributed by atoms with E-state index < -0.39 is 0 Å². The van der Waals surface area contributed by atoms with Crippen LogP contribution in [0.15, 0.2) is 50.2 Å². The lowest BCUT2D eigenvalue weighted by Gasteiger charge is -2.21. The van der Waals surface area contributed by atoms with Crippen LogP contribution in [-0.2, 0) is 6.54 Å². The first-order valence-corrected chi connectivity index (χ1v) is 10.8. The van der Waals surface area contributed by atoms with E-state index in [4.69, 9.17) is 8.83 Å². The molecule has 0 aliphatic carbocycles. The number of aryl methyl sites for hydroxylation is 1. The standard InChI is InChI=1S/C24H30N2O3/c1-16(2)19-13-20-18(12-24(27)29-23(20)11-17(19)3)14-25-15-21(22-7-6-10-28-22)26-8-4-5-9-26/h6-7,10-13,16,21,25H,4-5,8-9,14-15H2,1-3H3/p+2/t21-/m1/s1. The summed E-state index contributed by atoms with van der Waals surface area (Å²) in [6.07, 6.45) is 4.34. The Morgan fingerprint density at radius 3 is 2.66 bits per heavy atom. The van der Waals surface area contributed by atoms with Crippen LogP contribution in [0.1, 0.15) is 61.1 Å². The number of nitrogens with two attached hydrogens (primary N) is 1. The topological polar surface area (TPSA) is 64.4 Å². The summed E-state index contributed by atoms with van der Waals surface area (Å²) >= 11 is 0. The summed E-state index contributed by atoms with van der Waals surface area (Å²) in [4.78, 5) is 13.7. The van der Waals surface area contributed by atoms with Crippen molar-refractivity contribution in [3.8, 4) is 0 Å². The van der Waals surface area contributed by atoms with E-state index in [1.807, 2.05) is 12.1 Å². The molecule has 0 bridgehead atoms. The third-order valence-corrected chi connectivity index (χ3v) is 6.23. The predicted molar refractivity (Wildman–Crippen MR) is 113 cm³/mol. The maximum absolute atomic E-state index is 12.1. The van der Waals surface area contributed by atoms with E-state index in [0.717, 1.165) is 29.8 Å². The molecule has 1 aliphatic rings. The van der Waals surface area contributed by atoms with Gasteiger partial charge < -0.3 is 19.1 Å². The lowest BCUT2D eigenvalue weighted by molar-refractivity contribution is -0.936. The molecule has 1 fully saturated rings. The third-order valence-electron chi connectivity index (χ3n) is 6.23. The van der Waals surface area contributed by atoms with Crippen molar-refractivity contribution in [2.24, 2.45) is 0 Å². The summed E-state index contributed by atoms with van der Waals surface area (Å²) < 4.78 is 11.2. The maximum atomic E-state index is 12.1. The highest BCUT2D eigenvalue weighted by atomic mass is 16.4. The molecule has 0 unspecified atom stereocenters. The molecular weight excluding hydrogens is 364 g/mol. The van der Waals surface area contributed by atoms with Crippen LogP contribution < -0.4 is 15.8 Å². The number of nitrogens with one attached hydrogen (secondary N) is 1. The molecule has 0 saturated carbocycles. The van der Waals surface area contributed by atoms with Gasteiger partial charge in [0.25, 0.3) is 0 Å². The maximum Gasteiger partial charge on any atom is 0.336 e. The van der Waals surface area contributed by atoms with Gasteiger partial charge in [0.2, 0.25) is 0 Å². The molecule has 1 atom stereocenters. The van der Waals surface area contributed by atoms with Crippen LogP contribution in [0.3, 0.4) is 0 Å². The van der Waals surface area contributed by atoms with Gasteiger partial charge in [-0.15, -0.1) is 0 Å². The monoisotopic (exact) mass is 396 g/mol. The van der Waals surface area contributed by atoms with Crippen molar-refractivity contribution in [3.05, 3.63) is 69.5 Å². The van der Waals surface area contributed by atoms with Crippen LogP contribution in [0.4, 0.5) is 0 Å². The number of benzene rings is 1. The normalized spacial score (nSPS) is 16.1. The second-order valence-electron chi connectivity index (χ2n) is 8.61. The first-order valence-electron chi connectivity index (χ1n) is 10.8. The number of hydrogen-bond donors (Lipinski definition) is 2. The molecule has 5 heteroatoms. The molecule has 1 aromatic carbocycles. The number of quaternary nitrogens is 2. The van der Waals surface area contributed by atoms with Crippen molar-refractivity contribution in [1.29, 1.82) is 0 Å². The molecule has 3 N–H and O–H groups in total. The second kappa shape index (κ2) is 8.56. The predicted octanol–water partition coefficient (Wildman–Crippen LogP) is 2.30. The van der Waals surface area contributed by atoms with E-state index in [1.165, 1.54) is 37.1 Å². The third kappa shape index (κ3) is 4.31. The number of fused-ring (bicyclic) bond motifs is 1. The van der Waals surface area contributed by atoms with Gasteiger partial charge in [-0.3, -0.25) is 0 Å². The quantitative estimate of drug-likeness (QED) is 0.603. The first-order chi connectivity index (χ1) is 14.0. The summed E-state index contributed by atoms with van der Waals surface area (Å²) in [7, 11) is 0. The van der Waals surface area contributed by atoms with Gasteiger partial charge >= 0.3 is 5.63 Å². The number of rotatable bonds is 7. The minimum atomic E-state index is -0.273. The summed E-state index contributed by atoms with van der Waals surface area (Å²) in [6, 6.07) is 10.3. The van der Waals surface area contributed by atoms with Gasteiger partial charge in [0.05, 0.1) is 19.4 Å². The highest BCUT2D eigenvalue weighted by molar-refractivity contribution is 5.82. The zero-order valence-corrected chi connectivity index (χ0v) is 17.7. The smallest absolute Gasteiger partial charge is 0.336 e. The van der Waals surface area contributed by atoms with Crippen LogP contribution in [0.5, 0.6) is 0 Å². The van der Waals surface area contributed by atoms with Crippen molar-refractivity contribution in [2.75, 3.05) is 19.6 Å². The molecule has 3 heterocycles. The number of furan rings is 1. The molecule has 0 amide bonds. The van der Waals surface area contributed by atoms with Crippen molar-refractivity contribution < 1.29 is 19.1 Å². The van der Waals surface area contributed by atoms with E-state index in [1.54, 1.807) is 17.2 Å². The SMILES string of the molecule is Cc1cc2oc(=O)cc(C[NH2+]C[C@H](c3ccco3)[NH+]3CCCC3)c2cc1C(C)C. The zero-order valence-electron chi connectivity index (χ0n) is 17.7. The molecule has 5 nitrogen and oxygen atoms in total. The van der Waals surface area contributed by atoms with Crippen molar-refractivity contribution >= 4 is 11.0 Å². The van der Waals surface area contributed by atoms with Crippen molar-refractivity contribution in [1.82, 2.24) is 0 Å². The minimum absolute atomic E-state index is 0.273. The Labute approximate surface area is 171 Å². The molecule has 4 rings (SSSR count). The lowest BCUT2D eigenvalue weighted by Crippen LogP contribution is -3.13. The molecule has 29 heavy (non-hydrogen) atoms. The molecule has 2 aromatic heterocycles. The van der Waals surface area contributed by atoms with E-state index in [9.17, 15) is 4.79 Å². The minimum Gasteiger partial charge on any atom is -0.463 e. The molecule has 3 aromatic rings. The molecule has 0 spiro atoms. The van der Waals surface area contributed by atoms with E-state index >= 15 is 0 Å². The van der Waals surface area contributed by atoms with Gasteiger partial charge in [-0.2, -0.15) is 0 Å². The highest BCUT2D eigenvalue weighted by Gasteiger charge is 2.30. The summed E-state index contributed by atoms with van der Waals surface area (Å²) in [6.45, 7) is 10.6. The Bertz CT molecular complexity index is 1010. The van der Waals surface area contributed by atoms with Gasteiger partial charge in [0.1, 0.15) is 18.7 Å². The summed E-state index contributed by atoms with van der Waals surface area (Å²) in [5.74, 6) is 1.50. The van der Waals surface area contributed by atoms with Gasteiger partial charge in [-0.1, -0.05) is 13.8 Å². The average Bonchev–Trinajstić information content (AvgIpc) is 3.38. The van der Waals surface area contributed by atoms with Gasteiger partial charge in [-0.05, 0) is 48.2 Å². The fourth-order valence-corrected chi connectivity index (χ4v) is 4.74. The van der Waals surface area contributed by atoms with Crippen LogP contribution in [0.25, 0.3) is 11.0 Å². The molecule has 0 radical (unpaired) electrons. The second-order valence-corrected chi connectivity index (χ2v) is 8.61. The Morgan fingerprint density at radius 1 is 1.17 bits per heavy atom. The van der Waals surface area contributed by atoms with E-state index in [-0.39, 0.29) is 5.63 Å². The van der Waals surface area contributed by atoms with Crippen LogP contribution >= 0.6 is 0 Å². The van der Waals surface area contributed by atoms with Gasteiger partial charge in [0.15, 0.2) is 11.8 Å². The van der Waals surface area contributed by atoms with Crippen molar-refractivity contribution in [3.63, 3.8) is 0 Å². The first kappa shape index (κ1) is 19.9. The molecule has 1 aliphatic heterocycles.